The van der Waals surface area contributed by atoms with E-state index >= 15 is 0 Å². The number of hydrogen-bond acceptors (Lipinski definition) is 3. The molecule has 0 aliphatic carbocycles. The first kappa shape index (κ1) is 9.02. The zero-order valence-corrected chi connectivity index (χ0v) is 8.39. The lowest BCUT2D eigenvalue weighted by Gasteiger charge is -2.05. The second kappa shape index (κ2) is 2.99. The van der Waals surface area contributed by atoms with Crippen molar-refractivity contribution in [2.45, 2.75) is 6.92 Å². The highest BCUT2D eigenvalue weighted by Crippen LogP contribution is 2.31. The summed E-state index contributed by atoms with van der Waals surface area (Å²) in [5.74, 6) is -0.926. The molecule has 0 saturated carbocycles. The van der Waals surface area contributed by atoms with Crippen LogP contribution in [0, 0.1) is 6.92 Å². The number of carbonyl (C=O) groups is 1. The van der Waals surface area contributed by atoms with E-state index < -0.39 is 5.97 Å². The molecule has 3 N–H and O–H groups in total. The van der Waals surface area contributed by atoms with Gasteiger partial charge in [-0.05, 0) is 30.0 Å². The first-order valence-corrected chi connectivity index (χ1v) is 4.99. The molecule has 0 aliphatic rings. The van der Waals surface area contributed by atoms with Gasteiger partial charge >= 0.3 is 5.97 Å². The number of thiophene rings is 1. The van der Waals surface area contributed by atoms with E-state index in [0.717, 1.165) is 10.1 Å². The van der Waals surface area contributed by atoms with Crippen LogP contribution in [-0.2, 0) is 0 Å². The van der Waals surface area contributed by atoms with E-state index in [1.165, 1.54) is 11.3 Å². The number of anilines is 1. The maximum atomic E-state index is 10.9. The third kappa shape index (κ3) is 1.15. The van der Waals surface area contributed by atoms with Crippen molar-refractivity contribution in [3.63, 3.8) is 0 Å². The molecule has 0 aliphatic heterocycles. The molecule has 0 unspecified atom stereocenters. The van der Waals surface area contributed by atoms with Gasteiger partial charge in [-0.3, -0.25) is 0 Å². The Labute approximate surface area is 84.8 Å². The van der Waals surface area contributed by atoms with E-state index in [1.54, 1.807) is 13.0 Å². The Morgan fingerprint density at radius 3 is 2.93 bits per heavy atom. The normalized spacial score (nSPS) is 10.6. The molecule has 72 valence electrons. The molecule has 0 spiro atoms. The number of benzene rings is 1. The number of hydrogen-bond donors (Lipinski definition) is 2. The van der Waals surface area contributed by atoms with Crippen molar-refractivity contribution in [1.29, 1.82) is 0 Å². The van der Waals surface area contributed by atoms with Crippen LogP contribution in [0.4, 0.5) is 5.69 Å². The SMILES string of the molecule is Cc1c(C(=O)O)cc2sccc2c1N. The van der Waals surface area contributed by atoms with Gasteiger partial charge in [-0.15, -0.1) is 11.3 Å². The van der Waals surface area contributed by atoms with Gasteiger partial charge < -0.3 is 10.8 Å². The molecular formula is C10H9NO2S. The van der Waals surface area contributed by atoms with Gasteiger partial charge in [-0.2, -0.15) is 0 Å². The van der Waals surface area contributed by atoms with E-state index in [9.17, 15) is 4.79 Å². The fourth-order valence-electron chi connectivity index (χ4n) is 1.46. The number of nitrogens with two attached hydrogens (primary N) is 1. The number of carboxylic acid groups (broad SMARTS) is 1. The average molecular weight is 207 g/mol. The molecule has 0 atom stereocenters. The van der Waals surface area contributed by atoms with Crippen LogP contribution >= 0.6 is 11.3 Å². The summed E-state index contributed by atoms with van der Waals surface area (Å²) in [5.41, 5.74) is 7.35. The number of nitrogen functional groups attached to an aromatic ring is 1. The second-order valence-corrected chi connectivity index (χ2v) is 4.05. The fraction of sp³-hybridized carbons (Fsp3) is 0.100. The van der Waals surface area contributed by atoms with Crippen LogP contribution in [0.15, 0.2) is 17.5 Å². The Morgan fingerprint density at radius 1 is 1.57 bits per heavy atom. The molecule has 0 saturated heterocycles. The quantitative estimate of drug-likeness (QED) is 0.706. The lowest BCUT2D eigenvalue weighted by Crippen LogP contribution is -2.02. The van der Waals surface area contributed by atoms with Crippen LogP contribution < -0.4 is 5.73 Å². The molecule has 3 nitrogen and oxygen atoms in total. The molecule has 2 rings (SSSR count). The number of rotatable bonds is 1. The van der Waals surface area contributed by atoms with E-state index in [1.807, 2.05) is 11.4 Å². The minimum Gasteiger partial charge on any atom is -0.478 e. The molecule has 14 heavy (non-hydrogen) atoms. The zero-order chi connectivity index (χ0) is 10.3. The minimum atomic E-state index is -0.926. The van der Waals surface area contributed by atoms with Gasteiger partial charge in [0.25, 0.3) is 0 Å². The third-order valence-electron chi connectivity index (χ3n) is 2.30. The summed E-state index contributed by atoms with van der Waals surface area (Å²) in [6.45, 7) is 1.73. The predicted octanol–water partition coefficient (Wildman–Crippen LogP) is 2.49. The standard InChI is InChI=1S/C10H9NO2S/c1-5-7(10(12)13)4-8-6(9(5)11)2-3-14-8/h2-4H,11H2,1H3,(H,12,13). The number of fused-ring (bicyclic) bond motifs is 1. The summed E-state index contributed by atoms with van der Waals surface area (Å²) in [5, 5.41) is 11.8. The van der Waals surface area contributed by atoms with Gasteiger partial charge in [0.05, 0.1) is 5.56 Å². The second-order valence-electron chi connectivity index (χ2n) is 3.10. The van der Waals surface area contributed by atoms with Crippen molar-refractivity contribution in [3.8, 4) is 0 Å². The Bertz CT molecular complexity index is 516. The third-order valence-corrected chi connectivity index (χ3v) is 3.16. The summed E-state index contributed by atoms with van der Waals surface area (Å²) in [6.07, 6.45) is 0. The smallest absolute Gasteiger partial charge is 0.336 e. The number of aromatic carboxylic acids is 1. The summed E-state index contributed by atoms with van der Waals surface area (Å²) < 4.78 is 0.922. The monoisotopic (exact) mass is 207 g/mol. The lowest BCUT2D eigenvalue weighted by molar-refractivity contribution is 0.0696. The summed E-state index contributed by atoms with van der Waals surface area (Å²) >= 11 is 1.50. The van der Waals surface area contributed by atoms with Crippen LogP contribution in [0.1, 0.15) is 15.9 Å². The Hall–Kier alpha value is -1.55. The molecule has 1 aromatic heterocycles. The molecule has 0 fully saturated rings. The van der Waals surface area contributed by atoms with Crippen LogP contribution in [0.2, 0.25) is 0 Å². The topological polar surface area (TPSA) is 63.3 Å². The van der Waals surface area contributed by atoms with E-state index in [4.69, 9.17) is 10.8 Å². The van der Waals surface area contributed by atoms with Gasteiger partial charge in [0.15, 0.2) is 0 Å². The van der Waals surface area contributed by atoms with Crippen molar-refractivity contribution in [1.82, 2.24) is 0 Å². The highest BCUT2D eigenvalue weighted by Gasteiger charge is 2.13. The van der Waals surface area contributed by atoms with Gasteiger partial charge in [0, 0.05) is 15.8 Å². The molecule has 4 heteroatoms. The van der Waals surface area contributed by atoms with Crippen molar-refractivity contribution >= 4 is 33.1 Å². The summed E-state index contributed by atoms with van der Waals surface area (Å²) in [4.78, 5) is 10.9. The first-order valence-electron chi connectivity index (χ1n) is 4.11. The maximum absolute atomic E-state index is 10.9. The molecule has 1 heterocycles. The minimum absolute atomic E-state index is 0.289. The highest BCUT2D eigenvalue weighted by atomic mass is 32.1. The van der Waals surface area contributed by atoms with Gasteiger partial charge in [-0.1, -0.05) is 0 Å². The zero-order valence-electron chi connectivity index (χ0n) is 7.57. The van der Waals surface area contributed by atoms with Gasteiger partial charge in [0.2, 0.25) is 0 Å². The molecule has 0 amide bonds. The summed E-state index contributed by atoms with van der Waals surface area (Å²) in [6, 6.07) is 3.59. The first-order chi connectivity index (χ1) is 6.61. The van der Waals surface area contributed by atoms with Crippen molar-refractivity contribution < 1.29 is 9.90 Å². The molecule has 1 aromatic carbocycles. The van der Waals surface area contributed by atoms with Gasteiger partial charge in [-0.25, -0.2) is 4.79 Å². The van der Waals surface area contributed by atoms with Crippen molar-refractivity contribution in [2.24, 2.45) is 0 Å². The van der Waals surface area contributed by atoms with E-state index in [2.05, 4.69) is 0 Å². The van der Waals surface area contributed by atoms with Crippen LogP contribution in [0.3, 0.4) is 0 Å². The average Bonchev–Trinajstić information content (AvgIpc) is 2.58. The molecule has 0 radical (unpaired) electrons. The Morgan fingerprint density at radius 2 is 2.29 bits per heavy atom. The largest absolute Gasteiger partial charge is 0.478 e. The fourth-order valence-corrected chi connectivity index (χ4v) is 2.31. The van der Waals surface area contributed by atoms with E-state index in [-0.39, 0.29) is 5.56 Å². The predicted molar refractivity (Wildman–Crippen MR) is 57.9 cm³/mol. The van der Waals surface area contributed by atoms with Crippen LogP contribution in [0.25, 0.3) is 10.1 Å². The maximum Gasteiger partial charge on any atom is 0.336 e. The van der Waals surface area contributed by atoms with Crippen LogP contribution in [-0.4, -0.2) is 11.1 Å². The highest BCUT2D eigenvalue weighted by molar-refractivity contribution is 7.17. The summed E-state index contributed by atoms with van der Waals surface area (Å²) in [7, 11) is 0. The molecule has 2 aromatic rings. The lowest BCUT2D eigenvalue weighted by atomic mass is 10.0. The van der Waals surface area contributed by atoms with Crippen molar-refractivity contribution in [2.75, 3.05) is 5.73 Å². The Balaban J connectivity index is 2.87. The van der Waals surface area contributed by atoms with Gasteiger partial charge in [0.1, 0.15) is 0 Å². The number of carboxylic acids is 1. The van der Waals surface area contributed by atoms with Crippen molar-refractivity contribution in [3.05, 3.63) is 28.6 Å². The molecule has 0 bridgehead atoms. The molecular weight excluding hydrogens is 198 g/mol. The Kier molecular flexibility index (Phi) is 1.93. The van der Waals surface area contributed by atoms with Crippen LogP contribution in [0.5, 0.6) is 0 Å². The van der Waals surface area contributed by atoms with E-state index in [0.29, 0.717) is 11.3 Å².